The molecule has 0 bridgehead atoms. The summed E-state index contributed by atoms with van der Waals surface area (Å²) < 4.78 is 0. The molecular weight excluding hydrogens is 216 g/mol. The molecule has 1 heterocycles. The second kappa shape index (κ2) is 5.19. The fourth-order valence-corrected chi connectivity index (χ4v) is 2.45. The van der Waals surface area contributed by atoms with Crippen LogP contribution in [0.1, 0.15) is 13.3 Å². The normalized spacial score (nSPS) is 24.6. The number of rotatable bonds is 3. The maximum absolute atomic E-state index is 10.9. The SMILES string of the molecule is C[C@@H]1CNC[C@@H](CC(=O)O)N1c1ccccc1. The van der Waals surface area contributed by atoms with Gasteiger partial charge in [-0.1, -0.05) is 18.2 Å². The first-order valence-corrected chi connectivity index (χ1v) is 5.94. The van der Waals surface area contributed by atoms with Gasteiger partial charge in [-0.3, -0.25) is 4.79 Å². The van der Waals surface area contributed by atoms with E-state index in [9.17, 15) is 4.79 Å². The highest BCUT2D eigenvalue weighted by atomic mass is 16.4. The van der Waals surface area contributed by atoms with Crippen LogP contribution in [0.5, 0.6) is 0 Å². The third kappa shape index (κ3) is 2.77. The lowest BCUT2D eigenvalue weighted by Crippen LogP contribution is -2.57. The van der Waals surface area contributed by atoms with E-state index in [4.69, 9.17) is 5.11 Å². The van der Waals surface area contributed by atoms with Crippen LogP contribution in [-0.2, 0) is 4.79 Å². The second-order valence-electron chi connectivity index (χ2n) is 4.50. The lowest BCUT2D eigenvalue weighted by molar-refractivity contribution is -0.137. The third-order valence-corrected chi connectivity index (χ3v) is 3.15. The summed E-state index contributed by atoms with van der Waals surface area (Å²) in [5.74, 6) is -0.744. The predicted molar refractivity (Wildman–Crippen MR) is 67.3 cm³/mol. The van der Waals surface area contributed by atoms with Crippen LogP contribution in [-0.4, -0.2) is 36.2 Å². The summed E-state index contributed by atoms with van der Waals surface area (Å²) in [7, 11) is 0. The lowest BCUT2D eigenvalue weighted by Gasteiger charge is -2.42. The highest BCUT2D eigenvalue weighted by molar-refractivity contribution is 5.69. The number of anilines is 1. The van der Waals surface area contributed by atoms with Crippen molar-refractivity contribution in [3.63, 3.8) is 0 Å². The molecule has 2 atom stereocenters. The molecule has 1 aliphatic heterocycles. The van der Waals surface area contributed by atoms with Crippen LogP contribution in [0.4, 0.5) is 5.69 Å². The van der Waals surface area contributed by atoms with E-state index in [-0.39, 0.29) is 12.5 Å². The second-order valence-corrected chi connectivity index (χ2v) is 4.50. The number of nitrogens with one attached hydrogen (secondary N) is 1. The van der Waals surface area contributed by atoms with Crippen LogP contribution in [0, 0.1) is 0 Å². The molecule has 4 heteroatoms. The Kier molecular flexibility index (Phi) is 3.64. The Hall–Kier alpha value is -1.55. The Balaban J connectivity index is 2.22. The molecule has 4 nitrogen and oxygen atoms in total. The number of hydrogen-bond acceptors (Lipinski definition) is 3. The number of aliphatic carboxylic acids is 1. The van der Waals surface area contributed by atoms with E-state index in [0.717, 1.165) is 18.8 Å². The van der Waals surface area contributed by atoms with E-state index >= 15 is 0 Å². The van der Waals surface area contributed by atoms with Gasteiger partial charge in [0.25, 0.3) is 0 Å². The van der Waals surface area contributed by atoms with Gasteiger partial charge in [0.15, 0.2) is 0 Å². The molecule has 92 valence electrons. The maximum atomic E-state index is 10.9. The summed E-state index contributed by atoms with van der Waals surface area (Å²) in [6, 6.07) is 10.4. The van der Waals surface area contributed by atoms with Gasteiger partial charge in [-0.15, -0.1) is 0 Å². The van der Waals surface area contributed by atoms with Crippen molar-refractivity contribution in [2.75, 3.05) is 18.0 Å². The fourth-order valence-electron chi connectivity index (χ4n) is 2.45. The summed E-state index contributed by atoms with van der Waals surface area (Å²) >= 11 is 0. The Morgan fingerprint density at radius 1 is 1.41 bits per heavy atom. The highest BCUT2D eigenvalue weighted by Crippen LogP contribution is 2.23. The first kappa shape index (κ1) is 11.9. The molecule has 2 N–H and O–H groups in total. The minimum atomic E-state index is -0.744. The zero-order valence-electron chi connectivity index (χ0n) is 9.97. The maximum Gasteiger partial charge on any atom is 0.305 e. The van der Waals surface area contributed by atoms with E-state index in [2.05, 4.69) is 17.1 Å². The quantitative estimate of drug-likeness (QED) is 0.828. The average molecular weight is 234 g/mol. The van der Waals surface area contributed by atoms with Gasteiger partial charge in [0, 0.05) is 24.8 Å². The van der Waals surface area contributed by atoms with Crippen molar-refractivity contribution in [1.29, 1.82) is 0 Å². The summed E-state index contributed by atoms with van der Waals surface area (Å²) in [5.41, 5.74) is 1.10. The summed E-state index contributed by atoms with van der Waals surface area (Å²) in [5, 5.41) is 12.2. The first-order chi connectivity index (χ1) is 8.18. The fraction of sp³-hybridized carbons (Fsp3) is 0.462. The number of benzene rings is 1. The smallest absolute Gasteiger partial charge is 0.305 e. The molecule has 0 radical (unpaired) electrons. The van der Waals surface area contributed by atoms with Gasteiger partial charge in [-0.2, -0.15) is 0 Å². The van der Waals surface area contributed by atoms with Gasteiger partial charge in [0.2, 0.25) is 0 Å². The summed E-state index contributed by atoms with van der Waals surface area (Å²) in [4.78, 5) is 13.1. The molecule has 0 aromatic heterocycles. The molecule has 0 aliphatic carbocycles. The molecule has 1 fully saturated rings. The Morgan fingerprint density at radius 3 is 2.76 bits per heavy atom. The molecule has 2 rings (SSSR count). The van der Waals surface area contributed by atoms with Crippen LogP contribution < -0.4 is 10.2 Å². The molecule has 0 spiro atoms. The van der Waals surface area contributed by atoms with Crippen molar-refractivity contribution in [2.24, 2.45) is 0 Å². The zero-order valence-corrected chi connectivity index (χ0v) is 9.97. The Bertz CT molecular complexity index is 380. The largest absolute Gasteiger partial charge is 0.481 e. The van der Waals surface area contributed by atoms with E-state index in [0.29, 0.717) is 6.04 Å². The van der Waals surface area contributed by atoms with Crippen molar-refractivity contribution < 1.29 is 9.90 Å². The van der Waals surface area contributed by atoms with E-state index in [1.165, 1.54) is 0 Å². The van der Waals surface area contributed by atoms with Gasteiger partial charge >= 0.3 is 5.97 Å². The predicted octanol–water partition coefficient (Wildman–Crippen LogP) is 1.33. The van der Waals surface area contributed by atoms with Crippen molar-refractivity contribution in [2.45, 2.75) is 25.4 Å². The molecule has 1 saturated heterocycles. The van der Waals surface area contributed by atoms with Gasteiger partial charge in [0.1, 0.15) is 0 Å². The molecule has 1 aliphatic rings. The minimum Gasteiger partial charge on any atom is -0.481 e. The number of nitrogens with zero attached hydrogens (tertiary/aromatic N) is 1. The molecule has 0 unspecified atom stereocenters. The van der Waals surface area contributed by atoms with E-state index in [1.807, 2.05) is 30.3 Å². The molecule has 1 aromatic rings. The topological polar surface area (TPSA) is 52.6 Å². The standard InChI is InChI=1S/C13H18N2O2/c1-10-8-14-9-12(7-13(16)17)15(10)11-5-3-2-4-6-11/h2-6,10,12,14H,7-9H2,1H3,(H,16,17)/t10-,12-/m1/s1. The van der Waals surface area contributed by atoms with Crippen LogP contribution in [0.2, 0.25) is 0 Å². The summed E-state index contributed by atoms with van der Waals surface area (Å²) in [6.45, 7) is 3.74. The van der Waals surface area contributed by atoms with Crippen molar-refractivity contribution in [3.05, 3.63) is 30.3 Å². The van der Waals surface area contributed by atoms with Crippen LogP contribution in [0.15, 0.2) is 30.3 Å². The summed E-state index contributed by atoms with van der Waals surface area (Å²) in [6.07, 6.45) is 0.173. The Labute approximate surface area is 101 Å². The molecule has 0 amide bonds. The highest BCUT2D eigenvalue weighted by Gasteiger charge is 2.29. The molecule has 1 aromatic carbocycles. The average Bonchev–Trinajstić information content (AvgIpc) is 2.29. The van der Waals surface area contributed by atoms with Crippen LogP contribution >= 0.6 is 0 Å². The van der Waals surface area contributed by atoms with Crippen molar-refractivity contribution in [1.82, 2.24) is 5.32 Å². The van der Waals surface area contributed by atoms with Crippen molar-refractivity contribution in [3.8, 4) is 0 Å². The van der Waals surface area contributed by atoms with Crippen LogP contribution in [0.25, 0.3) is 0 Å². The Morgan fingerprint density at radius 2 is 2.12 bits per heavy atom. The van der Waals surface area contributed by atoms with Crippen LogP contribution in [0.3, 0.4) is 0 Å². The molecule has 0 saturated carbocycles. The number of carbonyl (C=O) groups is 1. The van der Waals surface area contributed by atoms with Gasteiger partial charge in [0.05, 0.1) is 12.5 Å². The number of carboxylic acids is 1. The number of para-hydroxylation sites is 1. The molecular formula is C13H18N2O2. The van der Waals surface area contributed by atoms with Gasteiger partial charge in [-0.05, 0) is 19.1 Å². The number of hydrogen-bond donors (Lipinski definition) is 2. The first-order valence-electron chi connectivity index (χ1n) is 5.94. The third-order valence-electron chi connectivity index (χ3n) is 3.15. The number of carboxylic acid groups (broad SMARTS) is 1. The minimum absolute atomic E-state index is 0.0265. The molecule has 17 heavy (non-hydrogen) atoms. The van der Waals surface area contributed by atoms with Gasteiger partial charge < -0.3 is 15.3 Å². The van der Waals surface area contributed by atoms with Gasteiger partial charge in [-0.25, -0.2) is 0 Å². The van der Waals surface area contributed by atoms with E-state index < -0.39 is 5.97 Å². The lowest BCUT2D eigenvalue weighted by atomic mass is 10.0. The van der Waals surface area contributed by atoms with E-state index in [1.54, 1.807) is 0 Å². The number of piperazine rings is 1. The monoisotopic (exact) mass is 234 g/mol. The van der Waals surface area contributed by atoms with Crippen molar-refractivity contribution >= 4 is 11.7 Å². The zero-order chi connectivity index (χ0) is 12.3.